The molecular formula is C17H22O4. The van der Waals surface area contributed by atoms with Gasteiger partial charge in [0, 0.05) is 0 Å². The van der Waals surface area contributed by atoms with Gasteiger partial charge in [0.2, 0.25) is 0 Å². The van der Waals surface area contributed by atoms with Gasteiger partial charge in [0.1, 0.15) is 0 Å². The van der Waals surface area contributed by atoms with Crippen molar-refractivity contribution in [2.75, 3.05) is 0 Å². The number of rotatable bonds is 5. The van der Waals surface area contributed by atoms with Gasteiger partial charge in [-0.05, 0) is 31.4 Å². The van der Waals surface area contributed by atoms with E-state index in [1.54, 1.807) is 12.1 Å². The van der Waals surface area contributed by atoms with E-state index in [0.717, 1.165) is 6.42 Å². The molecule has 114 valence electrons. The van der Waals surface area contributed by atoms with Crippen LogP contribution in [-0.4, -0.2) is 23.1 Å². The van der Waals surface area contributed by atoms with Crippen molar-refractivity contribution in [1.82, 2.24) is 0 Å². The van der Waals surface area contributed by atoms with E-state index in [0.29, 0.717) is 5.92 Å². The third kappa shape index (κ3) is 4.31. The summed E-state index contributed by atoms with van der Waals surface area (Å²) < 4.78 is 5.43. The van der Waals surface area contributed by atoms with Crippen LogP contribution in [0.5, 0.6) is 0 Å². The van der Waals surface area contributed by atoms with Crippen LogP contribution in [0.1, 0.15) is 66.2 Å². The van der Waals surface area contributed by atoms with E-state index in [2.05, 4.69) is 0 Å². The zero-order chi connectivity index (χ0) is 15.2. The largest absolute Gasteiger partial charge is 0.478 e. The minimum absolute atomic E-state index is 0.00707. The van der Waals surface area contributed by atoms with E-state index >= 15 is 0 Å². The van der Waals surface area contributed by atoms with Gasteiger partial charge in [0.15, 0.2) is 0 Å². The second-order valence-electron chi connectivity index (χ2n) is 5.81. The lowest BCUT2D eigenvalue weighted by molar-refractivity contribution is 0.0269. The summed E-state index contributed by atoms with van der Waals surface area (Å²) in [6.07, 6.45) is 6.90. The van der Waals surface area contributed by atoms with E-state index in [-0.39, 0.29) is 17.2 Å². The Balaban J connectivity index is 1.96. The van der Waals surface area contributed by atoms with Crippen LogP contribution in [0.3, 0.4) is 0 Å². The molecule has 1 fully saturated rings. The van der Waals surface area contributed by atoms with E-state index in [1.165, 1.54) is 44.2 Å². The Morgan fingerprint density at radius 1 is 1.19 bits per heavy atom. The maximum Gasteiger partial charge on any atom is 0.339 e. The van der Waals surface area contributed by atoms with Crippen LogP contribution in [0.2, 0.25) is 0 Å². The van der Waals surface area contributed by atoms with Gasteiger partial charge in [-0.3, -0.25) is 0 Å². The first-order chi connectivity index (χ1) is 10.1. The molecule has 1 aromatic rings. The molecule has 0 amide bonds. The normalized spacial score (nSPS) is 17.2. The highest BCUT2D eigenvalue weighted by Gasteiger charge is 2.22. The van der Waals surface area contributed by atoms with Gasteiger partial charge in [-0.25, -0.2) is 9.59 Å². The second kappa shape index (κ2) is 7.25. The van der Waals surface area contributed by atoms with Crippen molar-refractivity contribution >= 4 is 11.9 Å². The molecule has 0 heterocycles. The lowest BCUT2D eigenvalue weighted by Crippen LogP contribution is -2.21. The Morgan fingerprint density at radius 2 is 1.81 bits per heavy atom. The highest BCUT2D eigenvalue weighted by molar-refractivity contribution is 6.02. The molecule has 0 saturated heterocycles. The zero-order valence-corrected chi connectivity index (χ0v) is 12.4. The molecule has 4 nitrogen and oxygen atoms in total. The molecule has 1 aliphatic rings. The summed E-state index contributed by atoms with van der Waals surface area (Å²) in [5, 5.41) is 9.10. The number of esters is 1. The molecule has 1 atom stereocenters. The first kappa shape index (κ1) is 15.5. The van der Waals surface area contributed by atoms with Crippen molar-refractivity contribution in [3.8, 4) is 0 Å². The molecule has 1 saturated carbocycles. The smallest absolute Gasteiger partial charge is 0.339 e. The molecule has 21 heavy (non-hydrogen) atoms. The minimum atomic E-state index is -1.11. The van der Waals surface area contributed by atoms with Crippen LogP contribution in [0, 0.1) is 5.92 Å². The van der Waals surface area contributed by atoms with Gasteiger partial charge in [-0.2, -0.15) is 0 Å². The number of carbonyl (C=O) groups excluding carboxylic acids is 1. The first-order valence-electron chi connectivity index (χ1n) is 7.61. The summed E-state index contributed by atoms with van der Waals surface area (Å²) in [6.45, 7) is 1.88. The van der Waals surface area contributed by atoms with Crippen LogP contribution in [0.15, 0.2) is 24.3 Å². The van der Waals surface area contributed by atoms with Crippen molar-refractivity contribution < 1.29 is 19.4 Å². The fourth-order valence-corrected chi connectivity index (χ4v) is 3.03. The predicted octanol–water partition coefficient (Wildman–Crippen LogP) is 3.90. The van der Waals surface area contributed by atoms with Gasteiger partial charge in [0.25, 0.3) is 0 Å². The molecule has 0 aromatic heterocycles. The molecule has 2 rings (SSSR count). The van der Waals surface area contributed by atoms with Crippen LogP contribution < -0.4 is 0 Å². The number of benzene rings is 1. The fourth-order valence-electron chi connectivity index (χ4n) is 3.03. The van der Waals surface area contributed by atoms with Crippen molar-refractivity contribution in [1.29, 1.82) is 0 Å². The second-order valence-corrected chi connectivity index (χ2v) is 5.81. The predicted molar refractivity (Wildman–Crippen MR) is 79.5 cm³/mol. The number of aromatic carboxylic acids is 1. The van der Waals surface area contributed by atoms with Gasteiger partial charge in [-0.15, -0.1) is 0 Å². The average Bonchev–Trinajstić information content (AvgIpc) is 2.48. The molecule has 4 heteroatoms. The summed E-state index contributed by atoms with van der Waals surface area (Å²) >= 11 is 0. The van der Waals surface area contributed by atoms with Crippen molar-refractivity contribution in [3.05, 3.63) is 35.4 Å². The first-order valence-corrected chi connectivity index (χ1v) is 7.61. The Kier molecular flexibility index (Phi) is 5.37. The topological polar surface area (TPSA) is 63.6 Å². The third-order valence-corrected chi connectivity index (χ3v) is 4.08. The number of carboxylic acid groups (broad SMARTS) is 1. The summed E-state index contributed by atoms with van der Waals surface area (Å²) in [5.74, 6) is -1.03. The summed E-state index contributed by atoms with van der Waals surface area (Å²) in [4.78, 5) is 23.3. The Bertz CT molecular complexity index is 503. The Labute approximate surface area is 125 Å². The molecule has 0 radical (unpaired) electrons. The maximum atomic E-state index is 12.1. The van der Waals surface area contributed by atoms with E-state index < -0.39 is 11.9 Å². The van der Waals surface area contributed by atoms with E-state index in [9.17, 15) is 9.59 Å². The van der Waals surface area contributed by atoms with Crippen LogP contribution in [0.25, 0.3) is 0 Å². The van der Waals surface area contributed by atoms with Gasteiger partial charge in [0.05, 0.1) is 17.2 Å². The zero-order valence-electron chi connectivity index (χ0n) is 12.4. The third-order valence-electron chi connectivity index (χ3n) is 4.08. The molecule has 0 spiro atoms. The maximum absolute atomic E-state index is 12.1. The highest BCUT2D eigenvalue weighted by Crippen LogP contribution is 2.28. The van der Waals surface area contributed by atoms with Crippen molar-refractivity contribution in [3.63, 3.8) is 0 Å². The minimum Gasteiger partial charge on any atom is -0.478 e. The van der Waals surface area contributed by atoms with Crippen LogP contribution >= 0.6 is 0 Å². The number of hydrogen-bond acceptors (Lipinski definition) is 3. The molecule has 1 N–H and O–H groups in total. The Hall–Kier alpha value is -1.84. The lowest BCUT2D eigenvalue weighted by Gasteiger charge is -2.24. The molecule has 1 aromatic carbocycles. The summed E-state index contributed by atoms with van der Waals surface area (Å²) in [6, 6.07) is 6.17. The van der Waals surface area contributed by atoms with E-state index in [1.807, 2.05) is 6.92 Å². The monoisotopic (exact) mass is 290 g/mol. The molecule has 0 unspecified atom stereocenters. The lowest BCUT2D eigenvalue weighted by atomic mass is 9.85. The van der Waals surface area contributed by atoms with E-state index in [4.69, 9.17) is 9.84 Å². The number of ether oxygens (including phenoxy) is 1. The molecule has 0 aliphatic heterocycles. The average molecular weight is 290 g/mol. The molecule has 1 aliphatic carbocycles. The number of hydrogen-bond donors (Lipinski definition) is 1. The van der Waals surface area contributed by atoms with Crippen LogP contribution in [0.4, 0.5) is 0 Å². The molecular weight excluding hydrogens is 268 g/mol. The summed E-state index contributed by atoms with van der Waals surface area (Å²) in [5.41, 5.74) is 0.118. The van der Waals surface area contributed by atoms with Gasteiger partial charge < -0.3 is 9.84 Å². The SMILES string of the molecule is C[C@@H](CC1CCCCC1)OC(=O)c1ccccc1C(=O)O. The molecule has 0 bridgehead atoms. The quantitative estimate of drug-likeness (QED) is 0.835. The van der Waals surface area contributed by atoms with Crippen LogP contribution in [-0.2, 0) is 4.74 Å². The Morgan fingerprint density at radius 3 is 2.43 bits per heavy atom. The van der Waals surface area contributed by atoms with Crippen molar-refractivity contribution in [2.24, 2.45) is 5.92 Å². The van der Waals surface area contributed by atoms with Crippen molar-refractivity contribution in [2.45, 2.75) is 51.6 Å². The van der Waals surface area contributed by atoms with Gasteiger partial charge in [-0.1, -0.05) is 44.2 Å². The standard InChI is InChI=1S/C17H22O4/c1-12(11-13-7-3-2-4-8-13)21-17(20)15-10-6-5-9-14(15)16(18)19/h5-6,9-10,12-13H,2-4,7-8,11H2,1H3,(H,18,19)/t12-/m0/s1. The fraction of sp³-hybridized carbons (Fsp3) is 0.529. The highest BCUT2D eigenvalue weighted by atomic mass is 16.5. The van der Waals surface area contributed by atoms with Gasteiger partial charge >= 0.3 is 11.9 Å². The number of carbonyl (C=O) groups is 2. The summed E-state index contributed by atoms with van der Waals surface area (Å²) in [7, 11) is 0. The number of carboxylic acids is 1.